The third kappa shape index (κ3) is 6.74. The first-order chi connectivity index (χ1) is 12.1. The van der Waals surface area contributed by atoms with E-state index in [0.717, 1.165) is 6.54 Å². The van der Waals surface area contributed by atoms with Crippen molar-refractivity contribution in [2.75, 3.05) is 33.3 Å². The van der Waals surface area contributed by atoms with Crippen LogP contribution in [0, 0.1) is 0 Å². The Labute approximate surface area is 150 Å². The summed E-state index contributed by atoms with van der Waals surface area (Å²) in [5.41, 5.74) is 0.515. The molecule has 138 valence electrons. The normalized spacial score (nSPS) is 15.9. The lowest BCUT2D eigenvalue weighted by molar-refractivity contribution is -0.903. The number of hydrogen-bond donors (Lipinski definition) is 2. The highest BCUT2D eigenvalue weighted by Gasteiger charge is 2.15. The highest BCUT2D eigenvalue weighted by Crippen LogP contribution is 2.12. The number of ether oxygens (including phenoxy) is 2. The van der Waals surface area contributed by atoms with E-state index in [9.17, 15) is 4.79 Å². The maximum atomic E-state index is 12.4. The lowest BCUT2D eigenvalue weighted by Gasteiger charge is -2.22. The molecule has 0 aliphatic carbocycles. The molecule has 1 aromatic rings. The average molecular weight is 348 g/mol. The van der Waals surface area contributed by atoms with Crippen molar-refractivity contribution in [3.8, 4) is 5.75 Å². The second-order valence-electron chi connectivity index (χ2n) is 6.60. The molecule has 0 unspecified atom stereocenters. The molecule has 0 saturated carbocycles. The van der Waals surface area contributed by atoms with Gasteiger partial charge in [0, 0.05) is 5.56 Å². The Morgan fingerprint density at radius 2 is 2.04 bits per heavy atom. The molecule has 0 aromatic heterocycles. The van der Waals surface area contributed by atoms with E-state index in [-0.39, 0.29) is 12.0 Å². The summed E-state index contributed by atoms with van der Waals surface area (Å²) in [5, 5.41) is 2.78. The van der Waals surface area contributed by atoms with E-state index in [1.54, 1.807) is 36.3 Å². The van der Waals surface area contributed by atoms with E-state index < -0.39 is 0 Å². The number of amidine groups is 1. The Hall–Kier alpha value is -2.08. The number of carbonyl (C=O) groups excluding carboxylic acids is 1. The maximum absolute atomic E-state index is 12.4. The van der Waals surface area contributed by atoms with Gasteiger partial charge < -0.3 is 14.4 Å². The molecule has 0 radical (unpaired) electrons. The molecule has 6 heteroatoms. The number of carbonyl (C=O) groups is 1. The van der Waals surface area contributed by atoms with Gasteiger partial charge in [-0.25, -0.2) is 4.99 Å². The first kappa shape index (κ1) is 19.2. The van der Waals surface area contributed by atoms with Crippen molar-refractivity contribution < 1.29 is 19.2 Å². The van der Waals surface area contributed by atoms with Crippen LogP contribution in [0.1, 0.15) is 43.5 Å². The van der Waals surface area contributed by atoms with Gasteiger partial charge in [0.1, 0.15) is 5.75 Å². The number of benzene rings is 1. The molecule has 1 aromatic carbocycles. The zero-order valence-corrected chi connectivity index (χ0v) is 15.5. The van der Waals surface area contributed by atoms with Gasteiger partial charge in [-0.15, -0.1) is 0 Å². The van der Waals surface area contributed by atoms with Crippen LogP contribution >= 0.6 is 0 Å². The zero-order chi connectivity index (χ0) is 18.1. The summed E-state index contributed by atoms with van der Waals surface area (Å²) < 4.78 is 10.8. The van der Waals surface area contributed by atoms with Gasteiger partial charge in [0.2, 0.25) is 0 Å². The van der Waals surface area contributed by atoms with Crippen LogP contribution in [0.15, 0.2) is 29.3 Å². The third-order valence-corrected chi connectivity index (χ3v) is 4.18. The van der Waals surface area contributed by atoms with E-state index >= 15 is 0 Å². The minimum Gasteiger partial charge on any atom is -0.497 e. The molecule has 1 heterocycles. The van der Waals surface area contributed by atoms with Gasteiger partial charge in [0.25, 0.3) is 11.9 Å². The van der Waals surface area contributed by atoms with E-state index in [1.165, 1.54) is 32.4 Å². The smallest absolute Gasteiger partial charge is 0.292 e. The molecule has 6 nitrogen and oxygen atoms in total. The molecule has 0 atom stereocenters. The molecule has 0 spiro atoms. The van der Waals surface area contributed by atoms with Gasteiger partial charge in [-0.3, -0.25) is 10.1 Å². The fraction of sp³-hybridized carbons (Fsp3) is 0.579. The van der Waals surface area contributed by atoms with Crippen LogP contribution < -0.4 is 15.0 Å². The predicted octanol–water partition coefficient (Wildman–Crippen LogP) is 1.27. The molecule has 25 heavy (non-hydrogen) atoms. The van der Waals surface area contributed by atoms with E-state index in [4.69, 9.17) is 9.47 Å². The molecule has 0 bridgehead atoms. The van der Waals surface area contributed by atoms with Crippen LogP contribution in [-0.4, -0.2) is 51.3 Å². The summed E-state index contributed by atoms with van der Waals surface area (Å²) in [5.74, 6) is 0.397. The van der Waals surface area contributed by atoms with Crippen molar-refractivity contribution in [2.24, 2.45) is 4.99 Å². The minimum absolute atomic E-state index is 0.0494. The molecule has 1 fully saturated rings. The quantitative estimate of drug-likeness (QED) is 0.601. The highest BCUT2D eigenvalue weighted by atomic mass is 16.5. The Morgan fingerprint density at radius 1 is 1.28 bits per heavy atom. The van der Waals surface area contributed by atoms with Crippen molar-refractivity contribution in [2.45, 2.75) is 39.2 Å². The van der Waals surface area contributed by atoms with Crippen LogP contribution in [0.2, 0.25) is 0 Å². The largest absolute Gasteiger partial charge is 0.497 e. The van der Waals surface area contributed by atoms with Gasteiger partial charge in [-0.2, -0.15) is 0 Å². The van der Waals surface area contributed by atoms with Crippen LogP contribution in [-0.2, 0) is 4.74 Å². The molecule has 1 aliphatic rings. The lowest BCUT2D eigenvalue weighted by Crippen LogP contribution is -3.13. The Bertz CT molecular complexity index is 581. The summed E-state index contributed by atoms with van der Waals surface area (Å²) in [6, 6.07) is 7.31. The molecule has 2 N–H and O–H groups in total. The second kappa shape index (κ2) is 10.0. The zero-order valence-electron chi connectivity index (χ0n) is 15.5. The van der Waals surface area contributed by atoms with Crippen LogP contribution in [0.3, 0.4) is 0 Å². The first-order valence-corrected chi connectivity index (χ1v) is 9.08. The number of hydrogen-bond acceptors (Lipinski definition) is 4. The standard InChI is InChI=1S/C19H29N3O3/c1-15(2)25-19(20-10-13-22-11-5-4-6-12-22)21-18(23)16-8-7-9-17(14-16)24-3/h7-9,14-15H,4-6,10-13H2,1-3H3,(H,20,21,23)/p+1. The molecular weight excluding hydrogens is 318 g/mol. The van der Waals surface area contributed by atoms with Gasteiger partial charge in [0.05, 0.1) is 39.4 Å². The van der Waals surface area contributed by atoms with E-state index in [2.05, 4.69) is 10.3 Å². The molecule has 2 rings (SSSR count). The van der Waals surface area contributed by atoms with Crippen molar-refractivity contribution in [1.29, 1.82) is 0 Å². The van der Waals surface area contributed by atoms with Gasteiger partial charge >= 0.3 is 0 Å². The molecule has 1 saturated heterocycles. The SMILES string of the molecule is COc1cccc(C(=O)NC(=NCC[NH+]2CCCCC2)OC(C)C)c1. The number of nitrogens with one attached hydrogen (secondary N) is 2. The lowest BCUT2D eigenvalue weighted by atomic mass is 10.1. The van der Waals surface area contributed by atoms with Crippen molar-refractivity contribution >= 4 is 11.9 Å². The first-order valence-electron chi connectivity index (χ1n) is 9.08. The van der Waals surface area contributed by atoms with Gasteiger partial charge in [0.15, 0.2) is 0 Å². The predicted molar refractivity (Wildman–Crippen MR) is 98.4 cm³/mol. The maximum Gasteiger partial charge on any atom is 0.292 e. The van der Waals surface area contributed by atoms with Crippen molar-refractivity contribution in [3.63, 3.8) is 0 Å². The summed E-state index contributed by atoms with van der Waals surface area (Å²) in [6.07, 6.45) is 3.87. The molecule has 1 aliphatic heterocycles. The summed E-state index contributed by atoms with van der Waals surface area (Å²) in [7, 11) is 1.58. The fourth-order valence-corrected chi connectivity index (χ4v) is 2.88. The highest BCUT2D eigenvalue weighted by molar-refractivity contribution is 6.04. The van der Waals surface area contributed by atoms with E-state index in [1.807, 2.05) is 13.8 Å². The number of nitrogens with zero attached hydrogens (tertiary/aromatic N) is 1. The average Bonchev–Trinajstić information content (AvgIpc) is 2.62. The Kier molecular flexibility index (Phi) is 7.73. The van der Waals surface area contributed by atoms with Crippen molar-refractivity contribution in [1.82, 2.24) is 5.32 Å². The number of likely N-dealkylation sites (tertiary alicyclic amines) is 1. The number of methoxy groups -OCH3 is 1. The van der Waals surface area contributed by atoms with Crippen LogP contribution in [0.25, 0.3) is 0 Å². The van der Waals surface area contributed by atoms with Crippen molar-refractivity contribution in [3.05, 3.63) is 29.8 Å². The number of rotatable bonds is 6. The molecular formula is C19H30N3O3+. The topological polar surface area (TPSA) is 64.4 Å². The summed E-state index contributed by atoms with van der Waals surface area (Å²) >= 11 is 0. The van der Waals surface area contributed by atoms with Gasteiger partial charge in [-0.1, -0.05) is 6.07 Å². The van der Waals surface area contributed by atoms with Crippen LogP contribution in [0.4, 0.5) is 0 Å². The Balaban J connectivity index is 1.95. The monoisotopic (exact) mass is 348 g/mol. The summed E-state index contributed by atoms with van der Waals surface area (Å²) in [4.78, 5) is 18.5. The third-order valence-electron chi connectivity index (χ3n) is 4.18. The van der Waals surface area contributed by atoms with Crippen LogP contribution in [0.5, 0.6) is 5.75 Å². The molecule has 1 amide bonds. The Morgan fingerprint density at radius 3 is 2.72 bits per heavy atom. The van der Waals surface area contributed by atoms with E-state index in [0.29, 0.717) is 23.9 Å². The fourth-order valence-electron chi connectivity index (χ4n) is 2.88. The number of aliphatic imine (C=N–C) groups is 1. The number of quaternary nitrogens is 1. The second-order valence-corrected chi connectivity index (χ2v) is 6.60. The minimum atomic E-state index is -0.247. The number of amides is 1. The summed E-state index contributed by atoms with van der Waals surface area (Å²) in [6.45, 7) is 7.89. The number of piperidine rings is 1. The van der Waals surface area contributed by atoms with Gasteiger partial charge in [-0.05, 0) is 51.3 Å².